The van der Waals surface area contributed by atoms with Gasteiger partial charge in [0.25, 0.3) is 0 Å². The second-order valence-electron chi connectivity index (χ2n) is 6.05. The summed E-state index contributed by atoms with van der Waals surface area (Å²) in [5.41, 5.74) is 1.76. The Hall–Kier alpha value is -0.860. The van der Waals surface area contributed by atoms with Crippen LogP contribution in [0, 0.1) is 12.8 Å². The van der Waals surface area contributed by atoms with Crippen LogP contribution >= 0.6 is 0 Å². The van der Waals surface area contributed by atoms with Gasteiger partial charge in [-0.15, -0.1) is 0 Å². The van der Waals surface area contributed by atoms with Gasteiger partial charge in [0, 0.05) is 6.54 Å². The van der Waals surface area contributed by atoms with Crippen LogP contribution in [0.2, 0.25) is 0 Å². The second-order valence-corrected chi connectivity index (χ2v) is 6.05. The summed E-state index contributed by atoms with van der Waals surface area (Å²) in [6.45, 7) is 5.23. The molecule has 2 heteroatoms. The van der Waals surface area contributed by atoms with Crippen LogP contribution in [0.1, 0.15) is 36.8 Å². The molecule has 0 aromatic heterocycles. The van der Waals surface area contributed by atoms with Crippen molar-refractivity contribution in [3.05, 3.63) is 35.4 Å². The maximum absolute atomic E-state index is 11.1. The smallest absolute Gasteiger partial charge is 0.105 e. The summed E-state index contributed by atoms with van der Waals surface area (Å²) in [5.74, 6) is 0.473. The minimum Gasteiger partial charge on any atom is -0.384 e. The van der Waals surface area contributed by atoms with Crippen LogP contribution in [0.4, 0.5) is 0 Å². The molecule has 1 aliphatic carbocycles. The largest absolute Gasteiger partial charge is 0.384 e. The Morgan fingerprint density at radius 3 is 2.33 bits per heavy atom. The van der Waals surface area contributed by atoms with E-state index in [9.17, 15) is 5.11 Å². The average molecular weight is 245 g/mol. The molecular weight excluding hydrogens is 222 g/mol. The number of nitrogens with zero attached hydrogens (tertiary/aromatic N) is 1. The summed E-state index contributed by atoms with van der Waals surface area (Å²) < 4.78 is 0. The molecular formula is C16H23NO. The molecule has 2 aliphatic rings. The molecule has 98 valence electrons. The van der Waals surface area contributed by atoms with Crippen molar-refractivity contribution in [2.75, 3.05) is 19.6 Å². The highest BCUT2D eigenvalue weighted by atomic mass is 16.3. The number of hydrogen-bond donors (Lipinski definition) is 1. The molecule has 1 N–H and O–H groups in total. The van der Waals surface area contributed by atoms with Crippen molar-refractivity contribution in [1.29, 1.82) is 0 Å². The third-order valence-corrected chi connectivity index (χ3v) is 4.47. The Morgan fingerprint density at radius 1 is 1.17 bits per heavy atom. The predicted molar refractivity (Wildman–Crippen MR) is 73.5 cm³/mol. The fourth-order valence-electron chi connectivity index (χ4n) is 3.14. The first-order valence-electron chi connectivity index (χ1n) is 7.20. The number of benzene rings is 1. The van der Waals surface area contributed by atoms with Gasteiger partial charge in [-0.2, -0.15) is 0 Å². The van der Waals surface area contributed by atoms with Crippen molar-refractivity contribution in [1.82, 2.24) is 4.90 Å². The number of hydrogen-bond acceptors (Lipinski definition) is 2. The van der Waals surface area contributed by atoms with E-state index in [2.05, 4.69) is 36.1 Å². The van der Waals surface area contributed by atoms with E-state index in [0.717, 1.165) is 25.2 Å². The molecule has 1 atom stereocenters. The van der Waals surface area contributed by atoms with E-state index in [-0.39, 0.29) is 0 Å². The molecule has 1 aromatic rings. The highest BCUT2D eigenvalue weighted by molar-refractivity contribution is 5.29. The van der Waals surface area contributed by atoms with Crippen LogP contribution in [0.25, 0.3) is 0 Å². The molecule has 2 nitrogen and oxygen atoms in total. The van der Waals surface area contributed by atoms with Crippen LogP contribution in [0.5, 0.6) is 0 Å². The zero-order chi connectivity index (χ0) is 12.6. The summed E-state index contributed by atoms with van der Waals surface area (Å²) >= 11 is 0. The summed E-state index contributed by atoms with van der Waals surface area (Å²) in [6.07, 6.45) is 4.93. The van der Waals surface area contributed by atoms with Crippen molar-refractivity contribution in [2.24, 2.45) is 5.92 Å². The van der Waals surface area contributed by atoms with Gasteiger partial charge >= 0.3 is 0 Å². The number of aryl methyl sites for hydroxylation is 1. The van der Waals surface area contributed by atoms with Gasteiger partial charge in [-0.3, -0.25) is 0 Å². The highest BCUT2D eigenvalue weighted by Gasteiger charge is 2.46. The lowest BCUT2D eigenvalue weighted by Crippen LogP contribution is -2.41. The van der Waals surface area contributed by atoms with E-state index in [1.54, 1.807) is 0 Å². The minimum absolute atomic E-state index is 0.473. The lowest BCUT2D eigenvalue weighted by Gasteiger charge is -2.33. The summed E-state index contributed by atoms with van der Waals surface area (Å²) in [7, 11) is 0. The van der Waals surface area contributed by atoms with E-state index in [1.165, 1.54) is 31.2 Å². The highest BCUT2D eigenvalue weighted by Crippen LogP contribution is 2.46. The first kappa shape index (κ1) is 12.2. The lowest BCUT2D eigenvalue weighted by molar-refractivity contribution is -0.0159. The van der Waals surface area contributed by atoms with Crippen LogP contribution in [0.15, 0.2) is 24.3 Å². The second kappa shape index (κ2) is 4.67. The lowest BCUT2D eigenvalue weighted by atomic mass is 9.87. The molecule has 2 fully saturated rings. The van der Waals surface area contributed by atoms with Gasteiger partial charge in [0.1, 0.15) is 5.60 Å². The van der Waals surface area contributed by atoms with Gasteiger partial charge < -0.3 is 10.0 Å². The van der Waals surface area contributed by atoms with Crippen LogP contribution in [-0.2, 0) is 5.60 Å². The number of rotatable bonds is 4. The van der Waals surface area contributed by atoms with E-state index >= 15 is 0 Å². The summed E-state index contributed by atoms with van der Waals surface area (Å²) in [6, 6.07) is 8.47. The first-order chi connectivity index (χ1) is 8.68. The zero-order valence-corrected chi connectivity index (χ0v) is 11.2. The molecule has 1 aromatic carbocycles. The third-order valence-electron chi connectivity index (χ3n) is 4.47. The molecule has 0 radical (unpaired) electrons. The van der Waals surface area contributed by atoms with E-state index < -0.39 is 5.60 Å². The van der Waals surface area contributed by atoms with Crippen molar-refractivity contribution in [2.45, 2.75) is 38.2 Å². The van der Waals surface area contributed by atoms with Crippen LogP contribution < -0.4 is 0 Å². The molecule has 1 unspecified atom stereocenters. The third kappa shape index (κ3) is 2.32. The molecule has 18 heavy (non-hydrogen) atoms. The van der Waals surface area contributed by atoms with Crippen molar-refractivity contribution < 1.29 is 5.11 Å². The predicted octanol–water partition coefficient (Wildman–Crippen LogP) is 2.69. The Morgan fingerprint density at radius 2 is 1.78 bits per heavy atom. The Kier molecular flexibility index (Phi) is 3.16. The summed E-state index contributed by atoms with van der Waals surface area (Å²) in [4.78, 5) is 2.43. The Bertz CT molecular complexity index is 404. The topological polar surface area (TPSA) is 23.5 Å². The van der Waals surface area contributed by atoms with E-state index in [4.69, 9.17) is 0 Å². The molecule has 0 amide bonds. The Labute approximate surface area is 110 Å². The maximum atomic E-state index is 11.1. The van der Waals surface area contributed by atoms with E-state index in [1.807, 2.05) is 0 Å². The fraction of sp³-hybridized carbons (Fsp3) is 0.625. The van der Waals surface area contributed by atoms with Crippen molar-refractivity contribution in [3.8, 4) is 0 Å². The zero-order valence-electron chi connectivity index (χ0n) is 11.2. The molecule has 0 bridgehead atoms. The minimum atomic E-state index is -0.613. The quantitative estimate of drug-likeness (QED) is 0.881. The number of aliphatic hydroxyl groups is 1. The molecule has 1 aliphatic heterocycles. The van der Waals surface area contributed by atoms with Crippen LogP contribution in [-0.4, -0.2) is 29.6 Å². The standard InChI is InChI=1S/C16H23NO/c1-13-4-6-14(7-5-13)16(18,15-8-9-15)12-17-10-2-3-11-17/h4-7,15,18H,2-3,8-12H2,1H3. The number of β-amino-alcohol motifs (C(OH)–C–C–N with tert-alkyl or cyclic N) is 1. The molecule has 1 heterocycles. The van der Waals surface area contributed by atoms with Gasteiger partial charge in [0.2, 0.25) is 0 Å². The van der Waals surface area contributed by atoms with Crippen molar-refractivity contribution in [3.63, 3.8) is 0 Å². The normalized spacial score (nSPS) is 24.1. The first-order valence-corrected chi connectivity index (χ1v) is 7.20. The van der Waals surface area contributed by atoms with Gasteiger partial charge in [0.05, 0.1) is 0 Å². The van der Waals surface area contributed by atoms with Crippen LogP contribution in [0.3, 0.4) is 0 Å². The monoisotopic (exact) mass is 245 g/mol. The fourth-order valence-corrected chi connectivity index (χ4v) is 3.14. The maximum Gasteiger partial charge on any atom is 0.105 e. The summed E-state index contributed by atoms with van der Waals surface area (Å²) in [5, 5.41) is 11.1. The van der Waals surface area contributed by atoms with Gasteiger partial charge in [-0.05, 0) is 57.2 Å². The molecule has 1 saturated carbocycles. The van der Waals surface area contributed by atoms with Crippen molar-refractivity contribution >= 4 is 0 Å². The molecule has 1 saturated heterocycles. The van der Waals surface area contributed by atoms with Gasteiger partial charge in [-0.1, -0.05) is 29.8 Å². The van der Waals surface area contributed by atoms with Gasteiger partial charge in [-0.25, -0.2) is 0 Å². The van der Waals surface area contributed by atoms with E-state index in [0.29, 0.717) is 5.92 Å². The molecule has 0 spiro atoms. The Balaban J connectivity index is 1.83. The SMILES string of the molecule is Cc1ccc(C(O)(CN2CCCC2)C2CC2)cc1. The number of likely N-dealkylation sites (tertiary alicyclic amines) is 1. The van der Waals surface area contributed by atoms with Gasteiger partial charge in [0.15, 0.2) is 0 Å². The molecule has 3 rings (SSSR count). The average Bonchev–Trinajstić information content (AvgIpc) is 3.11.